The molecule has 6 heteroatoms. The van der Waals surface area contributed by atoms with E-state index < -0.39 is 0 Å². The van der Waals surface area contributed by atoms with E-state index in [1.807, 2.05) is 26.0 Å². The maximum atomic E-state index is 12.1. The van der Waals surface area contributed by atoms with Crippen LogP contribution in [-0.2, 0) is 10.2 Å². The van der Waals surface area contributed by atoms with Gasteiger partial charge in [0.25, 0.3) is 5.56 Å². The fraction of sp³-hybridized carbons (Fsp3) is 0.450. The van der Waals surface area contributed by atoms with Crippen molar-refractivity contribution in [3.05, 3.63) is 46.2 Å². The van der Waals surface area contributed by atoms with Crippen molar-refractivity contribution in [2.75, 3.05) is 25.0 Å². The van der Waals surface area contributed by atoms with Crippen LogP contribution in [0.15, 0.2) is 35.1 Å². The Morgan fingerprint density at radius 1 is 1.15 bits per heavy atom. The molecular weight excluding hydrogens is 328 g/mol. The SMILES string of the molecule is CCN(CC)C(=O)CNc1nc(-c2ccc(C(C)(C)C)cc2)cc(=O)[nH]1. The van der Waals surface area contributed by atoms with Crippen LogP contribution in [0.2, 0.25) is 0 Å². The minimum atomic E-state index is -0.257. The normalized spacial score (nSPS) is 11.3. The van der Waals surface area contributed by atoms with Crippen LogP contribution >= 0.6 is 0 Å². The zero-order valence-corrected chi connectivity index (χ0v) is 16.2. The second kappa shape index (κ2) is 8.17. The molecule has 1 aromatic carbocycles. The van der Waals surface area contributed by atoms with Gasteiger partial charge in [-0.3, -0.25) is 14.6 Å². The predicted octanol–water partition coefficient (Wildman–Crippen LogP) is 3.01. The zero-order chi connectivity index (χ0) is 19.3. The molecule has 0 aliphatic rings. The fourth-order valence-electron chi connectivity index (χ4n) is 2.68. The highest BCUT2D eigenvalue weighted by molar-refractivity contribution is 5.80. The lowest BCUT2D eigenvalue weighted by Crippen LogP contribution is -2.35. The molecule has 0 saturated heterocycles. The van der Waals surface area contributed by atoms with Crippen LogP contribution in [-0.4, -0.2) is 40.4 Å². The number of nitrogens with one attached hydrogen (secondary N) is 2. The molecule has 2 aromatic rings. The number of amides is 1. The number of aromatic amines is 1. The zero-order valence-electron chi connectivity index (χ0n) is 16.2. The summed E-state index contributed by atoms with van der Waals surface area (Å²) in [5, 5.41) is 2.92. The number of likely N-dealkylation sites (N-methyl/N-ethyl adjacent to an activating group) is 1. The average molecular weight is 356 g/mol. The minimum absolute atomic E-state index is 0.0300. The van der Waals surface area contributed by atoms with E-state index in [-0.39, 0.29) is 23.4 Å². The van der Waals surface area contributed by atoms with Gasteiger partial charge in [0, 0.05) is 24.7 Å². The minimum Gasteiger partial charge on any atom is -0.347 e. The number of aromatic nitrogens is 2. The lowest BCUT2D eigenvalue weighted by atomic mass is 9.86. The van der Waals surface area contributed by atoms with Crippen LogP contribution in [0.1, 0.15) is 40.2 Å². The van der Waals surface area contributed by atoms with Gasteiger partial charge in [-0.1, -0.05) is 45.0 Å². The van der Waals surface area contributed by atoms with E-state index in [9.17, 15) is 9.59 Å². The molecule has 0 bridgehead atoms. The summed E-state index contributed by atoms with van der Waals surface area (Å²) in [7, 11) is 0. The first kappa shape index (κ1) is 19.7. The summed E-state index contributed by atoms with van der Waals surface area (Å²) in [6.07, 6.45) is 0. The van der Waals surface area contributed by atoms with Crippen LogP contribution in [0, 0.1) is 0 Å². The summed E-state index contributed by atoms with van der Waals surface area (Å²) in [6, 6.07) is 9.49. The maximum Gasteiger partial charge on any atom is 0.252 e. The smallest absolute Gasteiger partial charge is 0.252 e. The number of benzene rings is 1. The molecule has 0 saturated carbocycles. The largest absolute Gasteiger partial charge is 0.347 e. The Hall–Kier alpha value is -2.63. The summed E-state index contributed by atoms with van der Waals surface area (Å²) in [5.41, 5.74) is 2.47. The van der Waals surface area contributed by atoms with Gasteiger partial charge >= 0.3 is 0 Å². The number of nitrogens with zero attached hydrogens (tertiary/aromatic N) is 2. The third kappa shape index (κ3) is 4.94. The van der Waals surface area contributed by atoms with Crippen LogP contribution in [0.5, 0.6) is 0 Å². The van der Waals surface area contributed by atoms with E-state index in [4.69, 9.17) is 0 Å². The summed E-state index contributed by atoms with van der Waals surface area (Å²) < 4.78 is 0. The monoisotopic (exact) mass is 356 g/mol. The van der Waals surface area contributed by atoms with Gasteiger partial charge in [0.05, 0.1) is 12.2 Å². The fourth-order valence-corrected chi connectivity index (χ4v) is 2.68. The van der Waals surface area contributed by atoms with Crippen LogP contribution in [0.25, 0.3) is 11.3 Å². The van der Waals surface area contributed by atoms with Crippen LogP contribution in [0.3, 0.4) is 0 Å². The molecule has 0 aliphatic carbocycles. The van der Waals surface area contributed by atoms with Crippen molar-refractivity contribution < 1.29 is 4.79 Å². The van der Waals surface area contributed by atoms with E-state index in [1.165, 1.54) is 11.6 Å². The van der Waals surface area contributed by atoms with Crippen molar-refractivity contribution >= 4 is 11.9 Å². The van der Waals surface area contributed by atoms with E-state index >= 15 is 0 Å². The Kier molecular flexibility index (Phi) is 6.18. The molecule has 2 rings (SSSR count). The Balaban J connectivity index is 2.19. The number of rotatable bonds is 6. The quantitative estimate of drug-likeness (QED) is 0.834. The van der Waals surface area contributed by atoms with Crippen molar-refractivity contribution in [2.24, 2.45) is 0 Å². The molecule has 1 aromatic heterocycles. The Labute approximate surface area is 154 Å². The number of carbonyl (C=O) groups excluding carboxylic acids is 1. The number of carbonyl (C=O) groups is 1. The van der Waals surface area contributed by atoms with Gasteiger partial charge < -0.3 is 10.2 Å². The lowest BCUT2D eigenvalue weighted by Gasteiger charge is -2.19. The molecule has 2 N–H and O–H groups in total. The van der Waals surface area contributed by atoms with Crippen molar-refractivity contribution in [1.82, 2.24) is 14.9 Å². The molecule has 0 radical (unpaired) electrons. The maximum absolute atomic E-state index is 12.1. The second-order valence-corrected chi connectivity index (χ2v) is 7.23. The average Bonchev–Trinajstić information content (AvgIpc) is 2.60. The first-order chi connectivity index (χ1) is 12.2. The number of hydrogen-bond donors (Lipinski definition) is 2. The van der Waals surface area contributed by atoms with Gasteiger partial charge in [0.1, 0.15) is 0 Å². The molecular formula is C20H28N4O2. The van der Waals surface area contributed by atoms with E-state index in [0.29, 0.717) is 24.7 Å². The highest BCUT2D eigenvalue weighted by Crippen LogP contribution is 2.25. The third-order valence-electron chi connectivity index (χ3n) is 4.31. The Morgan fingerprint density at radius 3 is 2.31 bits per heavy atom. The highest BCUT2D eigenvalue weighted by atomic mass is 16.2. The number of anilines is 1. The molecule has 0 unspecified atom stereocenters. The van der Waals surface area contributed by atoms with Crippen molar-refractivity contribution in [2.45, 2.75) is 40.0 Å². The van der Waals surface area contributed by atoms with E-state index in [0.717, 1.165) is 5.56 Å². The van der Waals surface area contributed by atoms with Gasteiger partial charge in [-0.15, -0.1) is 0 Å². The summed E-state index contributed by atoms with van der Waals surface area (Å²) in [5.74, 6) is 0.269. The lowest BCUT2D eigenvalue weighted by molar-refractivity contribution is -0.128. The summed E-state index contributed by atoms with van der Waals surface area (Å²) in [6.45, 7) is 11.7. The topological polar surface area (TPSA) is 78.1 Å². The highest BCUT2D eigenvalue weighted by Gasteiger charge is 2.14. The molecule has 140 valence electrons. The molecule has 0 aliphatic heterocycles. The van der Waals surface area contributed by atoms with Gasteiger partial charge in [-0.05, 0) is 24.8 Å². The number of H-pyrrole nitrogens is 1. The summed E-state index contributed by atoms with van der Waals surface area (Å²) >= 11 is 0. The van der Waals surface area contributed by atoms with Gasteiger partial charge in [-0.2, -0.15) is 0 Å². The standard InChI is InChI=1S/C20H28N4O2/c1-6-24(7-2)18(26)13-21-19-22-16(12-17(25)23-19)14-8-10-15(11-9-14)20(3,4)5/h8-12H,6-7,13H2,1-5H3,(H2,21,22,23,25). The van der Waals surface area contributed by atoms with Gasteiger partial charge in [-0.25, -0.2) is 4.98 Å². The molecule has 1 heterocycles. The molecule has 26 heavy (non-hydrogen) atoms. The Morgan fingerprint density at radius 2 is 1.77 bits per heavy atom. The first-order valence-electron chi connectivity index (χ1n) is 8.98. The molecule has 0 fully saturated rings. The second-order valence-electron chi connectivity index (χ2n) is 7.23. The molecule has 6 nitrogen and oxygen atoms in total. The number of hydrogen-bond acceptors (Lipinski definition) is 4. The predicted molar refractivity (Wildman–Crippen MR) is 105 cm³/mol. The van der Waals surface area contributed by atoms with Crippen LogP contribution in [0.4, 0.5) is 5.95 Å². The first-order valence-corrected chi connectivity index (χ1v) is 8.98. The van der Waals surface area contributed by atoms with E-state index in [2.05, 4.69) is 48.2 Å². The summed E-state index contributed by atoms with van der Waals surface area (Å²) in [4.78, 5) is 32.9. The molecule has 0 atom stereocenters. The van der Waals surface area contributed by atoms with Crippen molar-refractivity contribution in [1.29, 1.82) is 0 Å². The van der Waals surface area contributed by atoms with Gasteiger partial charge in [0.2, 0.25) is 11.9 Å². The Bertz CT molecular complexity index is 800. The van der Waals surface area contributed by atoms with Crippen LogP contribution < -0.4 is 10.9 Å². The van der Waals surface area contributed by atoms with Crippen molar-refractivity contribution in [3.63, 3.8) is 0 Å². The molecule has 0 spiro atoms. The van der Waals surface area contributed by atoms with E-state index in [1.54, 1.807) is 4.90 Å². The molecule has 1 amide bonds. The third-order valence-corrected chi connectivity index (χ3v) is 4.31. The van der Waals surface area contributed by atoms with Crippen molar-refractivity contribution in [3.8, 4) is 11.3 Å². The van der Waals surface area contributed by atoms with Gasteiger partial charge in [0.15, 0.2) is 0 Å².